The molecule has 1 aromatic rings. The summed E-state index contributed by atoms with van der Waals surface area (Å²) in [5.41, 5.74) is 0.377. The van der Waals surface area contributed by atoms with Crippen molar-refractivity contribution in [2.45, 2.75) is 18.9 Å². The zero-order chi connectivity index (χ0) is 14.0. The van der Waals surface area contributed by atoms with E-state index in [1.807, 2.05) is 19.0 Å². The number of phenolic OH excluding ortho intramolecular Hbond substituents is 1. The number of amides is 1. The van der Waals surface area contributed by atoms with Crippen LogP contribution in [0.1, 0.15) is 23.2 Å². The SMILES string of the molecule is CN(C)C1CCCN(C(=O)c2ccc(Br)cc2O)C1. The number of likely N-dealkylation sites (N-methyl/N-ethyl adjacent to an activating group) is 1. The second kappa shape index (κ2) is 5.92. The van der Waals surface area contributed by atoms with E-state index in [-0.39, 0.29) is 11.7 Å². The summed E-state index contributed by atoms with van der Waals surface area (Å²) in [6.07, 6.45) is 2.12. The van der Waals surface area contributed by atoms with E-state index in [0.29, 0.717) is 11.6 Å². The third kappa shape index (κ3) is 3.28. The first-order chi connectivity index (χ1) is 8.99. The van der Waals surface area contributed by atoms with Gasteiger partial charge in [0.1, 0.15) is 5.75 Å². The number of piperidine rings is 1. The number of rotatable bonds is 2. The summed E-state index contributed by atoms with van der Waals surface area (Å²) >= 11 is 3.28. The highest BCUT2D eigenvalue weighted by Gasteiger charge is 2.26. The first-order valence-corrected chi connectivity index (χ1v) is 7.22. The zero-order valence-electron chi connectivity index (χ0n) is 11.3. The Labute approximate surface area is 122 Å². The Balaban J connectivity index is 2.15. The van der Waals surface area contributed by atoms with Crippen LogP contribution in [0.5, 0.6) is 5.75 Å². The van der Waals surface area contributed by atoms with Gasteiger partial charge in [-0.05, 0) is 45.1 Å². The van der Waals surface area contributed by atoms with Gasteiger partial charge in [0.05, 0.1) is 5.56 Å². The van der Waals surface area contributed by atoms with Crippen molar-refractivity contribution in [1.29, 1.82) is 0 Å². The van der Waals surface area contributed by atoms with Crippen LogP contribution in [0, 0.1) is 0 Å². The first-order valence-electron chi connectivity index (χ1n) is 6.43. The fourth-order valence-electron chi connectivity index (χ4n) is 2.42. The predicted octanol–water partition coefficient (Wildman–Crippen LogP) is 2.32. The van der Waals surface area contributed by atoms with Crippen LogP contribution in [0.25, 0.3) is 0 Å². The molecule has 1 aliphatic heterocycles. The van der Waals surface area contributed by atoms with E-state index in [1.165, 1.54) is 0 Å². The Kier molecular flexibility index (Phi) is 4.47. The average molecular weight is 327 g/mol. The minimum atomic E-state index is -0.0865. The minimum Gasteiger partial charge on any atom is -0.507 e. The molecule has 1 saturated heterocycles. The molecule has 1 unspecified atom stereocenters. The van der Waals surface area contributed by atoms with Crippen LogP contribution in [0.3, 0.4) is 0 Å². The maximum Gasteiger partial charge on any atom is 0.257 e. The number of likely N-dealkylation sites (tertiary alicyclic amines) is 1. The second-order valence-corrected chi connectivity index (χ2v) is 6.09. The quantitative estimate of drug-likeness (QED) is 0.907. The number of hydrogen-bond acceptors (Lipinski definition) is 3. The Hall–Kier alpha value is -1.07. The molecule has 104 valence electrons. The van der Waals surface area contributed by atoms with Gasteiger partial charge in [-0.25, -0.2) is 0 Å². The van der Waals surface area contributed by atoms with E-state index in [4.69, 9.17) is 0 Å². The highest BCUT2D eigenvalue weighted by Crippen LogP contribution is 2.25. The number of halogens is 1. The van der Waals surface area contributed by atoms with Crippen LogP contribution in [0.2, 0.25) is 0 Å². The summed E-state index contributed by atoms with van der Waals surface area (Å²) in [6, 6.07) is 5.40. The van der Waals surface area contributed by atoms with Gasteiger partial charge in [0, 0.05) is 23.6 Å². The van der Waals surface area contributed by atoms with Crippen molar-refractivity contribution in [3.8, 4) is 5.75 Å². The number of carbonyl (C=O) groups is 1. The summed E-state index contributed by atoms with van der Waals surface area (Å²) in [5.74, 6) is -0.0529. The average Bonchev–Trinajstić information content (AvgIpc) is 2.38. The maximum atomic E-state index is 12.4. The van der Waals surface area contributed by atoms with Gasteiger partial charge in [0.15, 0.2) is 0 Å². The lowest BCUT2D eigenvalue weighted by Gasteiger charge is -2.36. The highest BCUT2D eigenvalue weighted by molar-refractivity contribution is 9.10. The fraction of sp³-hybridized carbons (Fsp3) is 0.500. The normalized spacial score (nSPS) is 19.8. The van der Waals surface area contributed by atoms with Gasteiger partial charge in [-0.3, -0.25) is 4.79 Å². The van der Waals surface area contributed by atoms with E-state index >= 15 is 0 Å². The van der Waals surface area contributed by atoms with E-state index in [2.05, 4.69) is 20.8 Å². The van der Waals surface area contributed by atoms with Crippen molar-refractivity contribution in [3.05, 3.63) is 28.2 Å². The molecule has 1 N–H and O–H groups in total. The molecular weight excluding hydrogens is 308 g/mol. The van der Waals surface area contributed by atoms with Crippen molar-refractivity contribution in [1.82, 2.24) is 9.80 Å². The molecular formula is C14H19BrN2O2. The molecule has 19 heavy (non-hydrogen) atoms. The minimum absolute atomic E-state index is 0.0337. The molecule has 0 aromatic heterocycles. The molecule has 0 radical (unpaired) electrons. The van der Waals surface area contributed by atoms with E-state index in [0.717, 1.165) is 30.4 Å². The second-order valence-electron chi connectivity index (χ2n) is 5.17. The van der Waals surface area contributed by atoms with Crippen molar-refractivity contribution in [2.24, 2.45) is 0 Å². The Morgan fingerprint density at radius 3 is 2.84 bits per heavy atom. The summed E-state index contributed by atoms with van der Waals surface area (Å²) in [7, 11) is 4.07. The van der Waals surface area contributed by atoms with E-state index < -0.39 is 0 Å². The smallest absolute Gasteiger partial charge is 0.257 e. The number of phenols is 1. The standard InChI is InChI=1S/C14H19BrN2O2/c1-16(2)11-4-3-7-17(9-11)14(19)12-6-5-10(15)8-13(12)18/h5-6,8,11,18H,3-4,7,9H2,1-2H3. The fourth-order valence-corrected chi connectivity index (χ4v) is 2.77. The van der Waals surface area contributed by atoms with Gasteiger partial charge in [-0.1, -0.05) is 15.9 Å². The molecule has 1 aliphatic rings. The molecule has 1 amide bonds. The summed E-state index contributed by atoms with van der Waals surface area (Å²) in [5, 5.41) is 9.88. The molecule has 1 aromatic carbocycles. The molecule has 5 heteroatoms. The van der Waals surface area contributed by atoms with Crippen LogP contribution in [-0.2, 0) is 0 Å². The Bertz CT molecular complexity index is 477. The molecule has 1 heterocycles. The summed E-state index contributed by atoms with van der Waals surface area (Å²) in [4.78, 5) is 16.4. The van der Waals surface area contributed by atoms with Crippen molar-refractivity contribution < 1.29 is 9.90 Å². The van der Waals surface area contributed by atoms with Crippen LogP contribution >= 0.6 is 15.9 Å². The van der Waals surface area contributed by atoms with Gasteiger partial charge in [-0.15, -0.1) is 0 Å². The van der Waals surface area contributed by atoms with Gasteiger partial charge >= 0.3 is 0 Å². The first kappa shape index (κ1) is 14.3. The Morgan fingerprint density at radius 1 is 1.47 bits per heavy atom. The largest absolute Gasteiger partial charge is 0.507 e. The molecule has 1 atom stereocenters. The number of carbonyl (C=O) groups excluding carboxylic acids is 1. The van der Waals surface area contributed by atoms with Crippen LogP contribution < -0.4 is 0 Å². The van der Waals surface area contributed by atoms with E-state index in [1.54, 1.807) is 18.2 Å². The molecule has 0 bridgehead atoms. The Morgan fingerprint density at radius 2 is 2.21 bits per heavy atom. The lowest BCUT2D eigenvalue weighted by atomic mass is 10.0. The molecule has 0 aliphatic carbocycles. The lowest BCUT2D eigenvalue weighted by Crippen LogP contribution is -2.47. The molecule has 0 spiro atoms. The number of aromatic hydroxyl groups is 1. The van der Waals surface area contributed by atoms with Gasteiger partial charge in [0.25, 0.3) is 5.91 Å². The van der Waals surface area contributed by atoms with Gasteiger partial charge in [-0.2, -0.15) is 0 Å². The lowest BCUT2D eigenvalue weighted by molar-refractivity contribution is 0.0632. The third-order valence-electron chi connectivity index (χ3n) is 3.60. The van der Waals surface area contributed by atoms with Crippen molar-refractivity contribution >= 4 is 21.8 Å². The molecule has 2 rings (SSSR count). The monoisotopic (exact) mass is 326 g/mol. The van der Waals surface area contributed by atoms with Crippen LogP contribution in [0.15, 0.2) is 22.7 Å². The molecule has 1 fully saturated rings. The van der Waals surface area contributed by atoms with Gasteiger partial charge in [0.2, 0.25) is 0 Å². The maximum absolute atomic E-state index is 12.4. The molecule has 0 saturated carbocycles. The van der Waals surface area contributed by atoms with Gasteiger partial charge < -0.3 is 14.9 Å². The predicted molar refractivity (Wildman–Crippen MR) is 78.4 cm³/mol. The number of benzene rings is 1. The van der Waals surface area contributed by atoms with Crippen LogP contribution in [-0.4, -0.2) is 54.0 Å². The third-order valence-corrected chi connectivity index (χ3v) is 4.10. The number of nitrogens with zero attached hydrogens (tertiary/aromatic N) is 2. The number of hydrogen-bond donors (Lipinski definition) is 1. The van der Waals surface area contributed by atoms with Crippen LogP contribution in [0.4, 0.5) is 0 Å². The molecule has 4 nitrogen and oxygen atoms in total. The zero-order valence-corrected chi connectivity index (χ0v) is 12.9. The highest BCUT2D eigenvalue weighted by atomic mass is 79.9. The summed E-state index contributed by atoms with van der Waals surface area (Å²) in [6.45, 7) is 1.49. The van der Waals surface area contributed by atoms with E-state index in [9.17, 15) is 9.90 Å². The topological polar surface area (TPSA) is 43.8 Å². The van der Waals surface area contributed by atoms with Crippen molar-refractivity contribution in [3.63, 3.8) is 0 Å². The van der Waals surface area contributed by atoms with Crippen molar-refractivity contribution in [2.75, 3.05) is 27.2 Å². The summed E-state index contributed by atoms with van der Waals surface area (Å²) < 4.78 is 0.770.